The molecule has 0 saturated carbocycles. The van der Waals surface area contributed by atoms with Crippen molar-refractivity contribution in [1.29, 1.82) is 0 Å². The highest BCUT2D eigenvalue weighted by atomic mass is 32.3. The maximum absolute atomic E-state index is 14.7. The largest absolute Gasteiger partial charge is 0.481 e. The number of esters is 2. The molecule has 0 aliphatic carbocycles. The van der Waals surface area contributed by atoms with Gasteiger partial charge in [-0.2, -0.15) is 8.42 Å². The van der Waals surface area contributed by atoms with Crippen molar-refractivity contribution < 1.29 is 90.3 Å². The average Bonchev–Trinajstić information content (AvgIpc) is 3.73. The quantitative estimate of drug-likeness (QED) is 0.0215. The summed E-state index contributed by atoms with van der Waals surface area (Å²) in [6, 6.07) is -2.89. The van der Waals surface area contributed by atoms with Gasteiger partial charge in [-0.1, -0.05) is 70.9 Å². The van der Waals surface area contributed by atoms with Gasteiger partial charge in [-0.15, -0.1) is 0 Å². The number of amides is 1. The Morgan fingerprint density at radius 2 is 1.51 bits per heavy atom. The van der Waals surface area contributed by atoms with Crippen LogP contribution in [0, 0.1) is 5.92 Å². The number of hydrogen-bond donors (Lipinski definition) is 8. The van der Waals surface area contributed by atoms with Crippen LogP contribution in [0.15, 0.2) is 34.0 Å². The van der Waals surface area contributed by atoms with Gasteiger partial charge in [0.1, 0.15) is 54.9 Å². The van der Waals surface area contributed by atoms with Gasteiger partial charge in [-0.3, -0.25) is 43.0 Å². The zero-order valence-electron chi connectivity index (χ0n) is 42.3. The lowest BCUT2D eigenvalue weighted by Gasteiger charge is -2.38. The number of rotatable bonds is 31. The van der Waals surface area contributed by atoms with Crippen molar-refractivity contribution in [2.75, 3.05) is 27.2 Å². The van der Waals surface area contributed by atoms with Gasteiger partial charge in [0.15, 0.2) is 24.7 Å². The van der Waals surface area contributed by atoms with Gasteiger partial charge < -0.3 is 59.9 Å². The Labute approximate surface area is 429 Å². The summed E-state index contributed by atoms with van der Waals surface area (Å²) < 4.78 is 68.1. The normalized spacial score (nSPS) is 28.0. The Bertz CT molecular complexity index is 2260. The molecule has 74 heavy (non-hydrogen) atoms. The first-order chi connectivity index (χ1) is 35.0. The number of unbranched alkanes of at least 4 members (excludes halogenated alkanes) is 10. The van der Waals surface area contributed by atoms with Crippen LogP contribution in [0.4, 0.5) is 0 Å². The number of nitrogens with zero attached hydrogens (tertiary/aromatic N) is 3. The van der Waals surface area contributed by atoms with Crippen LogP contribution in [0.25, 0.3) is 0 Å². The molecule has 0 unspecified atom stereocenters. The number of aliphatic hydroxyl groups is 3. The highest BCUT2D eigenvalue weighted by Gasteiger charge is 2.58. The molecule has 3 fully saturated rings. The number of nitrogens with one attached hydrogen (secondary N) is 1. The lowest BCUT2D eigenvalue weighted by atomic mass is 9.97. The highest BCUT2D eigenvalue weighted by Crippen LogP contribution is 2.37. The summed E-state index contributed by atoms with van der Waals surface area (Å²) in [5, 5.41) is 53.5. The molecule has 3 saturated heterocycles. The molecule has 3 aliphatic heterocycles. The van der Waals surface area contributed by atoms with Crippen molar-refractivity contribution in [3.05, 3.63) is 45.3 Å². The second kappa shape index (κ2) is 29.6. The van der Waals surface area contributed by atoms with E-state index in [-0.39, 0.29) is 19.3 Å². The van der Waals surface area contributed by atoms with E-state index < -0.39 is 156 Å². The minimum atomic E-state index is -5.37. The van der Waals surface area contributed by atoms with Crippen LogP contribution in [0.3, 0.4) is 0 Å². The fraction of sp³-hybridized carbons (Fsp3) is 0.766. The number of aliphatic carboxylic acids is 2. The third-order valence-corrected chi connectivity index (χ3v) is 13.7. The van der Waals surface area contributed by atoms with Crippen LogP contribution >= 0.6 is 0 Å². The van der Waals surface area contributed by atoms with Crippen molar-refractivity contribution in [3.8, 4) is 0 Å². The number of allylic oxidation sites excluding steroid dienone is 2. The molecule has 0 radical (unpaired) electrons. The van der Waals surface area contributed by atoms with Crippen molar-refractivity contribution >= 4 is 40.2 Å². The molecule has 420 valence electrons. The predicted molar refractivity (Wildman–Crippen MR) is 258 cm³/mol. The molecule has 26 nitrogen and oxygen atoms in total. The number of likely N-dealkylation sites (N-methyl/N-ethyl adjacent to an activating group) is 2. The van der Waals surface area contributed by atoms with E-state index in [1.54, 1.807) is 6.92 Å². The lowest BCUT2D eigenvalue weighted by Crippen LogP contribution is -2.60. The van der Waals surface area contributed by atoms with E-state index in [0.717, 1.165) is 62.7 Å². The second-order valence-electron chi connectivity index (χ2n) is 19.2. The zero-order chi connectivity index (χ0) is 54.9. The predicted octanol–water partition coefficient (Wildman–Crippen LogP) is 0.361. The van der Waals surface area contributed by atoms with Gasteiger partial charge in [-0.25, -0.2) is 13.8 Å². The number of ether oxygens (including phenoxy) is 5. The third kappa shape index (κ3) is 18.3. The van der Waals surface area contributed by atoms with Crippen LogP contribution in [0.1, 0.15) is 123 Å². The SMILES string of the molecule is CCCCCCCC/C=C\CCCCCC[C@@H](CC(=O)O[C@H]1CN(C)[C@@H]([C@H](O[C@@H]2O[C@H](CN)[C@@H](O)[C@H]2OS(=O)(=O)O)[C@H]2O[C@@H](n3ccc(=O)[nH]c3=O)[C@H](O)[C@@H]2O)C(=O)N(C)[C@@H]1C(=O)O)OC(=O)C[C@H](C)CC(=O)O. The smallest absolute Gasteiger partial charge is 0.397 e. The number of aromatic amines is 1. The maximum Gasteiger partial charge on any atom is 0.397 e. The van der Waals surface area contributed by atoms with Crippen molar-refractivity contribution in [2.45, 2.75) is 196 Å². The molecule has 27 heteroatoms. The number of nitrogens with two attached hydrogens (primary N) is 1. The molecular weight excluding hydrogens is 1000 g/mol. The van der Waals surface area contributed by atoms with Crippen LogP contribution in [-0.4, -0.2) is 188 Å². The lowest BCUT2D eigenvalue weighted by molar-refractivity contribution is -0.230. The molecule has 0 aromatic carbocycles. The van der Waals surface area contributed by atoms with Crippen molar-refractivity contribution in [1.82, 2.24) is 19.4 Å². The Morgan fingerprint density at radius 1 is 0.878 bits per heavy atom. The Kier molecular flexibility index (Phi) is 24.7. The van der Waals surface area contributed by atoms with Gasteiger partial charge in [0.05, 0.1) is 6.42 Å². The van der Waals surface area contributed by atoms with Crippen LogP contribution in [-0.2, 0) is 62.2 Å². The van der Waals surface area contributed by atoms with Gasteiger partial charge in [0.25, 0.3) is 5.56 Å². The number of aliphatic hydroxyl groups excluding tert-OH is 3. The molecule has 1 amide bonds. The Hall–Kier alpha value is -4.68. The zero-order valence-corrected chi connectivity index (χ0v) is 43.1. The molecule has 14 atom stereocenters. The van der Waals surface area contributed by atoms with E-state index in [9.17, 15) is 72.1 Å². The first-order valence-electron chi connectivity index (χ1n) is 25.1. The number of hydrogen-bond acceptors (Lipinski definition) is 20. The van der Waals surface area contributed by atoms with Crippen LogP contribution in [0.5, 0.6) is 0 Å². The first-order valence-corrected chi connectivity index (χ1v) is 26.5. The molecule has 1 aromatic heterocycles. The fourth-order valence-electron chi connectivity index (χ4n) is 9.41. The first kappa shape index (κ1) is 61.9. The van der Waals surface area contributed by atoms with E-state index in [0.29, 0.717) is 15.9 Å². The average molecular weight is 1080 g/mol. The molecule has 0 spiro atoms. The number of carboxylic acids is 2. The fourth-order valence-corrected chi connectivity index (χ4v) is 9.90. The van der Waals surface area contributed by atoms with E-state index in [2.05, 4.69) is 23.3 Å². The number of H-pyrrole nitrogens is 1. The van der Waals surface area contributed by atoms with Gasteiger partial charge in [-0.05, 0) is 51.5 Å². The summed E-state index contributed by atoms with van der Waals surface area (Å²) in [6.45, 7) is 2.66. The molecule has 3 aliphatic rings. The Balaban J connectivity index is 1.58. The van der Waals surface area contributed by atoms with Gasteiger partial charge >= 0.3 is 40.0 Å². The van der Waals surface area contributed by atoms with Crippen molar-refractivity contribution in [2.24, 2.45) is 11.7 Å². The minimum absolute atomic E-state index is 0.196. The molecule has 4 rings (SSSR count). The van der Waals surface area contributed by atoms with E-state index in [1.165, 1.54) is 39.2 Å². The van der Waals surface area contributed by atoms with Crippen molar-refractivity contribution in [3.63, 3.8) is 0 Å². The summed E-state index contributed by atoms with van der Waals surface area (Å²) in [6.07, 6.45) is -3.59. The van der Waals surface area contributed by atoms with E-state index >= 15 is 0 Å². The second-order valence-corrected chi connectivity index (χ2v) is 20.3. The molecular formula is C47H75N5O21S. The summed E-state index contributed by atoms with van der Waals surface area (Å²) in [4.78, 5) is 94.5. The number of carbonyl (C=O) groups is 5. The van der Waals surface area contributed by atoms with Gasteiger partial charge in [0.2, 0.25) is 5.91 Å². The Morgan fingerprint density at radius 3 is 2.11 bits per heavy atom. The molecule has 9 N–H and O–H groups in total. The summed E-state index contributed by atoms with van der Waals surface area (Å²) in [7, 11) is -3.06. The summed E-state index contributed by atoms with van der Waals surface area (Å²) in [5.74, 6) is -6.29. The number of carboxylic acid groups (broad SMARTS) is 2. The standard InChI is InChI=1S/C47H75N5O21S/c1-5-6-7-8-9-10-11-12-13-14-15-16-17-18-19-28(68-33(56)23-27(2)22-32(54)55)24-34(57)69-30-26-50(3)36(43(61)51(4)35(30)45(62)63)40(72-46-42(73-74(65,66)67)37(58)29(25-48)70-46)41-38(59)39(60)44(71-41)52-21-20-31(53)49-47(52)64/h12-13,20-21,27-30,35-42,44,46,58-60H,5-11,14-19,22-26,48H2,1-4H3,(H,54,55)(H,62,63)(H,49,53,64)(H,65,66,67)/b13-12-/t27-,28+,29-,30+,35+,36+,37-,38+,39-,40+,41+,42-,44-,46+/m1/s1. The molecule has 1 aromatic rings. The minimum Gasteiger partial charge on any atom is -0.481 e. The monoisotopic (exact) mass is 1080 g/mol. The molecule has 4 heterocycles. The molecule has 0 bridgehead atoms. The van der Waals surface area contributed by atoms with Crippen LogP contribution < -0.4 is 17.0 Å². The van der Waals surface area contributed by atoms with E-state index in [1.807, 2.05) is 4.98 Å². The number of carbonyl (C=O) groups excluding carboxylic acids is 3. The summed E-state index contributed by atoms with van der Waals surface area (Å²) in [5.41, 5.74) is 3.80. The third-order valence-electron chi connectivity index (χ3n) is 13.2. The highest BCUT2D eigenvalue weighted by molar-refractivity contribution is 7.80. The topological polar surface area (TPSA) is 384 Å². The van der Waals surface area contributed by atoms with Crippen LogP contribution in [0.2, 0.25) is 0 Å². The summed E-state index contributed by atoms with van der Waals surface area (Å²) >= 11 is 0. The van der Waals surface area contributed by atoms with E-state index in [4.69, 9.17) is 29.4 Å². The number of aromatic nitrogens is 2. The van der Waals surface area contributed by atoms with Gasteiger partial charge in [0, 0.05) is 45.2 Å². The maximum atomic E-state index is 14.7.